The fourth-order valence-electron chi connectivity index (χ4n) is 2.05. The summed E-state index contributed by atoms with van der Waals surface area (Å²) in [6, 6.07) is 9.78. The lowest BCUT2D eigenvalue weighted by Gasteiger charge is -2.24. The first-order valence-corrected chi connectivity index (χ1v) is 6.78. The molecule has 0 aliphatic rings. The van der Waals surface area contributed by atoms with E-state index in [0.29, 0.717) is 18.7 Å². The van der Waals surface area contributed by atoms with Gasteiger partial charge in [0.25, 0.3) is 0 Å². The van der Waals surface area contributed by atoms with E-state index >= 15 is 0 Å². The van der Waals surface area contributed by atoms with Gasteiger partial charge in [-0.25, -0.2) is 4.39 Å². The summed E-state index contributed by atoms with van der Waals surface area (Å²) in [7, 11) is 0. The Bertz CT molecular complexity index is 546. The molecule has 0 aliphatic heterocycles. The van der Waals surface area contributed by atoms with Crippen LogP contribution in [0.25, 0.3) is 0 Å². The minimum absolute atomic E-state index is 0.305. The van der Waals surface area contributed by atoms with Crippen molar-refractivity contribution in [3.8, 4) is 0 Å². The summed E-state index contributed by atoms with van der Waals surface area (Å²) < 4.78 is 18.4. The number of aliphatic hydroxyl groups is 1. The van der Waals surface area contributed by atoms with E-state index in [1.54, 1.807) is 19.1 Å². The largest absolute Gasteiger partial charge is 0.465 e. The first-order valence-electron chi connectivity index (χ1n) is 6.78. The molecule has 1 heterocycles. The van der Waals surface area contributed by atoms with E-state index in [4.69, 9.17) is 4.42 Å². The molecule has 2 N–H and O–H groups in total. The zero-order chi connectivity index (χ0) is 14.6. The lowest BCUT2D eigenvalue weighted by Crippen LogP contribution is -2.35. The van der Waals surface area contributed by atoms with Gasteiger partial charge < -0.3 is 14.8 Å². The van der Waals surface area contributed by atoms with E-state index in [1.807, 2.05) is 19.1 Å². The molecule has 1 aromatic heterocycles. The van der Waals surface area contributed by atoms with Crippen LogP contribution in [-0.4, -0.2) is 11.7 Å². The van der Waals surface area contributed by atoms with E-state index < -0.39 is 5.60 Å². The highest BCUT2D eigenvalue weighted by Gasteiger charge is 2.22. The fourth-order valence-corrected chi connectivity index (χ4v) is 2.05. The van der Waals surface area contributed by atoms with E-state index in [2.05, 4.69) is 5.32 Å². The van der Waals surface area contributed by atoms with Gasteiger partial charge in [0.05, 0.1) is 12.1 Å². The van der Waals surface area contributed by atoms with Crippen molar-refractivity contribution in [2.24, 2.45) is 0 Å². The quantitative estimate of drug-likeness (QED) is 0.853. The Morgan fingerprint density at radius 3 is 2.40 bits per heavy atom. The molecule has 1 unspecified atom stereocenters. The molecule has 2 aromatic rings. The second kappa shape index (κ2) is 6.20. The summed E-state index contributed by atoms with van der Waals surface area (Å²) in [4.78, 5) is 0. The van der Waals surface area contributed by atoms with Gasteiger partial charge in [-0.05, 0) is 36.8 Å². The first kappa shape index (κ1) is 14.8. The smallest absolute Gasteiger partial charge is 0.123 e. The number of hydrogen-bond acceptors (Lipinski definition) is 3. The van der Waals surface area contributed by atoms with Crippen molar-refractivity contribution in [2.75, 3.05) is 6.54 Å². The van der Waals surface area contributed by atoms with Crippen molar-refractivity contribution in [1.29, 1.82) is 0 Å². The van der Waals surface area contributed by atoms with Gasteiger partial charge in [-0.2, -0.15) is 0 Å². The molecule has 1 atom stereocenters. The van der Waals surface area contributed by atoms with E-state index in [0.717, 1.165) is 17.9 Å². The Kier molecular flexibility index (Phi) is 4.57. The predicted octanol–water partition coefficient (Wildman–Crippen LogP) is 2.98. The van der Waals surface area contributed by atoms with Crippen LogP contribution in [0.15, 0.2) is 40.8 Å². The third-order valence-corrected chi connectivity index (χ3v) is 3.30. The second-order valence-corrected chi connectivity index (χ2v) is 5.11. The Labute approximate surface area is 118 Å². The number of halogens is 1. The SMILES string of the molecule is CCc1ccc(CNCC(C)(O)c2ccc(F)cc2)o1. The lowest BCUT2D eigenvalue weighted by molar-refractivity contribution is 0.0561. The second-order valence-electron chi connectivity index (χ2n) is 5.11. The summed E-state index contributed by atoms with van der Waals surface area (Å²) in [5.74, 6) is 1.49. The summed E-state index contributed by atoms with van der Waals surface area (Å²) in [5, 5.41) is 13.5. The molecule has 2 rings (SSSR count). The molecular formula is C16H20FNO2. The maximum atomic E-state index is 12.9. The normalized spacial score (nSPS) is 14.2. The number of rotatable bonds is 6. The molecule has 0 fully saturated rings. The Morgan fingerprint density at radius 1 is 1.15 bits per heavy atom. The van der Waals surface area contributed by atoms with Crippen LogP contribution in [0.3, 0.4) is 0 Å². The highest BCUT2D eigenvalue weighted by atomic mass is 19.1. The molecule has 20 heavy (non-hydrogen) atoms. The highest BCUT2D eigenvalue weighted by Crippen LogP contribution is 2.20. The molecule has 0 bridgehead atoms. The van der Waals surface area contributed by atoms with Crippen LogP contribution in [0.1, 0.15) is 30.9 Å². The molecule has 3 nitrogen and oxygen atoms in total. The molecule has 4 heteroatoms. The van der Waals surface area contributed by atoms with E-state index in [-0.39, 0.29) is 5.82 Å². The van der Waals surface area contributed by atoms with Gasteiger partial charge in [-0.3, -0.25) is 0 Å². The number of nitrogens with one attached hydrogen (secondary N) is 1. The first-order chi connectivity index (χ1) is 9.51. The van der Waals surface area contributed by atoms with Crippen molar-refractivity contribution in [3.63, 3.8) is 0 Å². The van der Waals surface area contributed by atoms with Crippen LogP contribution < -0.4 is 5.32 Å². The average Bonchev–Trinajstić information content (AvgIpc) is 2.87. The monoisotopic (exact) mass is 277 g/mol. The van der Waals surface area contributed by atoms with Gasteiger partial charge in [0.1, 0.15) is 17.3 Å². The number of aryl methyl sites for hydroxylation is 1. The van der Waals surface area contributed by atoms with Crippen molar-refractivity contribution in [1.82, 2.24) is 5.32 Å². The maximum Gasteiger partial charge on any atom is 0.123 e. The van der Waals surface area contributed by atoms with E-state index in [9.17, 15) is 9.50 Å². The lowest BCUT2D eigenvalue weighted by atomic mass is 9.96. The predicted molar refractivity (Wildman–Crippen MR) is 75.8 cm³/mol. The zero-order valence-corrected chi connectivity index (χ0v) is 11.8. The van der Waals surface area contributed by atoms with Gasteiger partial charge in [-0.1, -0.05) is 19.1 Å². The zero-order valence-electron chi connectivity index (χ0n) is 11.8. The number of benzene rings is 1. The summed E-state index contributed by atoms with van der Waals surface area (Å²) in [6.07, 6.45) is 0.868. The summed E-state index contributed by atoms with van der Waals surface area (Å²) in [5.41, 5.74) is -0.367. The Morgan fingerprint density at radius 2 is 1.80 bits per heavy atom. The van der Waals surface area contributed by atoms with Crippen LogP contribution in [-0.2, 0) is 18.6 Å². The molecule has 0 amide bonds. The van der Waals surface area contributed by atoms with Crippen LogP contribution in [0.5, 0.6) is 0 Å². The highest BCUT2D eigenvalue weighted by molar-refractivity contribution is 5.22. The summed E-state index contributed by atoms with van der Waals surface area (Å²) >= 11 is 0. The molecular weight excluding hydrogens is 257 g/mol. The van der Waals surface area contributed by atoms with Crippen LogP contribution >= 0.6 is 0 Å². The molecule has 108 valence electrons. The minimum Gasteiger partial charge on any atom is -0.465 e. The number of hydrogen-bond donors (Lipinski definition) is 2. The van der Waals surface area contributed by atoms with Crippen LogP contribution in [0.4, 0.5) is 4.39 Å². The van der Waals surface area contributed by atoms with Gasteiger partial charge in [-0.15, -0.1) is 0 Å². The number of furan rings is 1. The third-order valence-electron chi connectivity index (χ3n) is 3.30. The van der Waals surface area contributed by atoms with Crippen molar-refractivity contribution in [2.45, 2.75) is 32.4 Å². The average molecular weight is 277 g/mol. The van der Waals surface area contributed by atoms with Gasteiger partial charge in [0, 0.05) is 13.0 Å². The molecule has 0 radical (unpaired) electrons. The van der Waals surface area contributed by atoms with Gasteiger partial charge in [0.15, 0.2) is 0 Å². The van der Waals surface area contributed by atoms with E-state index in [1.165, 1.54) is 12.1 Å². The standard InChI is InChI=1S/C16H20FNO2/c1-3-14-8-9-15(20-14)10-18-11-16(2,19)12-4-6-13(17)7-5-12/h4-9,18-19H,3,10-11H2,1-2H3. The van der Waals surface area contributed by atoms with Crippen molar-refractivity contribution >= 4 is 0 Å². The van der Waals surface area contributed by atoms with Gasteiger partial charge in [0.2, 0.25) is 0 Å². The fraction of sp³-hybridized carbons (Fsp3) is 0.375. The van der Waals surface area contributed by atoms with Crippen molar-refractivity contribution < 1.29 is 13.9 Å². The molecule has 0 aliphatic carbocycles. The molecule has 0 saturated heterocycles. The Hall–Kier alpha value is -1.65. The van der Waals surface area contributed by atoms with Crippen LogP contribution in [0.2, 0.25) is 0 Å². The molecule has 1 aromatic carbocycles. The van der Waals surface area contributed by atoms with Gasteiger partial charge >= 0.3 is 0 Å². The molecule has 0 saturated carbocycles. The van der Waals surface area contributed by atoms with Crippen LogP contribution in [0, 0.1) is 5.82 Å². The minimum atomic E-state index is -1.05. The summed E-state index contributed by atoms with van der Waals surface area (Å²) in [6.45, 7) is 4.65. The van der Waals surface area contributed by atoms with Crippen molar-refractivity contribution in [3.05, 3.63) is 59.3 Å². The third kappa shape index (κ3) is 3.68. The molecule has 0 spiro atoms. The topological polar surface area (TPSA) is 45.4 Å². The maximum absolute atomic E-state index is 12.9. The Balaban J connectivity index is 1.90.